The summed E-state index contributed by atoms with van der Waals surface area (Å²) in [4.78, 5) is 12.7. The summed E-state index contributed by atoms with van der Waals surface area (Å²) in [6.07, 6.45) is 4.62. The largest absolute Gasteiger partial charge is 0.497 e. The Balaban J connectivity index is 1.98. The fraction of sp³-hybridized carbons (Fsp3) is 0.278. The molecule has 0 unspecified atom stereocenters. The number of fused-ring (bicyclic) bond motifs is 1. The van der Waals surface area contributed by atoms with Crippen LogP contribution in [0.2, 0.25) is 0 Å². The summed E-state index contributed by atoms with van der Waals surface area (Å²) in [5.41, 5.74) is 10.3. The molecule has 3 heteroatoms. The predicted molar refractivity (Wildman–Crippen MR) is 83.9 cm³/mol. The molecule has 0 bridgehead atoms. The Morgan fingerprint density at radius 2 is 1.81 bits per heavy atom. The van der Waals surface area contributed by atoms with Crippen molar-refractivity contribution in [3.8, 4) is 5.75 Å². The lowest BCUT2D eigenvalue weighted by Crippen LogP contribution is -2.09. The number of rotatable bonds is 3. The first-order valence-electron chi connectivity index (χ1n) is 7.29. The van der Waals surface area contributed by atoms with Crippen molar-refractivity contribution in [1.82, 2.24) is 0 Å². The Hall–Kier alpha value is -2.29. The molecular weight excluding hydrogens is 262 g/mol. The average molecular weight is 281 g/mol. The fourth-order valence-electron chi connectivity index (χ4n) is 2.89. The van der Waals surface area contributed by atoms with Crippen molar-refractivity contribution >= 4 is 11.5 Å². The van der Waals surface area contributed by atoms with Gasteiger partial charge in [0.05, 0.1) is 7.11 Å². The molecule has 0 radical (unpaired) electrons. The molecule has 0 atom stereocenters. The lowest BCUT2D eigenvalue weighted by molar-refractivity contribution is 0.103. The Bertz CT molecular complexity index is 692. The maximum atomic E-state index is 12.7. The zero-order valence-corrected chi connectivity index (χ0v) is 12.2. The summed E-state index contributed by atoms with van der Waals surface area (Å²) in [5.74, 6) is 0.602. The number of carbonyl (C=O) groups excluding carboxylic acids is 1. The van der Waals surface area contributed by atoms with Gasteiger partial charge >= 0.3 is 0 Å². The van der Waals surface area contributed by atoms with Gasteiger partial charge in [0, 0.05) is 16.8 Å². The van der Waals surface area contributed by atoms with Crippen LogP contribution < -0.4 is 10.5 Å². The Morgan fingerprint density at radius 3 is 2.57 bits per heavy atom. The van der Waals surface area contributed by atoms with Crippen LogP contribution in [0.5, 0.6) is 5.75 Å². The molecule has 0 aromatic heterocycles. The van der Waals surface area contributed by atoms with Gasteiger partial charge in [-0.1, -0.05) is 12.1 Å². The molecule has 0 amide bonds. The second-order valence-electron chi connectivity index (χ2n) is 5.47. The molecule has 108 valence electrons. The molecule has 2 N–H and O–H groups in total. The van der Waals surface area contributed by atoms with E-state index in [2.05, 4.69) is 6.07 Å². The molecule has 2 aromatic carbocycles. The Labute approximate surface area is 124 Å². The molecule has 0 spiro atoms. The number of methoxy groups -OCH3 is 1. The number of aryl methyl sites for hydroxylation is 2. The van der Waals surface area contributed by atoms with Crippen LogP contribution in [0.1, 0.15) is 39.9 Å². The lowest BCUT2D eigenvalue weighted by atomic mass is 9.89. The monoisotopic (exact) mass is 281 g/mol. The number of carbonyl (C=O) groups is 1. The fourth-order valence-corrected chi connectivity index (χ4v) is 2.89. The van der Waals surface area contributed by atoms with E-state index in [4.69, 9.17) is 10.5 Å². The second kappa shape index (κ2) is 5.60. The van der Waals surface area contributed by atoms with Crippen LogP contribution in [-0.4, -0.2) is 12.9 Å². The molecule has 3 rings (SSSR count). The van der Waals surface area contributed by atoms with Crippen LogP contribution in [0, 0.1) is 0 Å². The van der Waals surface area contributed by atoms with Gasteiger partial charge in [0.2, 0.25) is 0 Å². The summed E-state index contributed by atoms with van der Waals surface area (Å²) >= 11 is 0. The molecule has 1 aliphatic carbocycles. The van der Waals surface area contributed by atoms with Gasteiger partial charge in [-0.15, -0.1) is 0 Å². The van der Waals surface area contributed by atoms with Crippen molar-refractivity contribution in [3.05, 3.63) is 58.7 Å². The number of nitrogens with two attached hydrogens (primary N) is 1. The summed E-state index contributed by atoms with van der Waals surface area (Å²) in [6.45, 7) is 0. The third-order valence-electron chi connectivity index (χ3n) is 4.12. The molecule has 0 heterocycles. The molecule has 0 aliphatic heterocycles. The van der Waals surface area contributed by atoms with Crippen LogP contribution in [0.4, 0.5) is 5.69 Å². The standard InChI is InChI=1S/C18H19NO2/c1-21-15-8-9-17(19)16(11-15)18(20)14-7-6-12-4-2-3-5-13(12)10-14/h6-11H,2-5,19H2,1H3. The Morgan fingerprint density at radius 1 is 1.05 bits per heavy atom. The van der Waals surface area contributed by atoms with Gasteiger partial charge in [0.25, 0.3) is 0 Å². The van der Waals surface area contributed by atoms with Crippen molar-refractivity contribution in [2.75, 3.05) is 12.8 Å². The number of anilines is 1. The van der Waals surface area contributed by atoms with Crippen LogP contribution >= 0.6 is 0 Å². The van der Waals surface area contributed by atoms with Crippen molar-refractivity contribution in [2.24, 2.45) is 0 Å². The highest BCUT2D eigenvalue weighted by molar-refractivity contribution is 6.12. The van der Waals surface area contributed by atoms with Crippen molar-refractivity contribution in [3.63, 3.8) is 0 Å². The van der Waals surface area contributed by atoms with E-state index in [0.29, 0.717) is 22.6 Å². The van der Waals surface area contributed by atoms with Gasteiger partial charge in [-0.05, 0) is 61.1 Å². The van der Waals surface area contributed by atoms with E-state index in [1.807, 2.05) is 12.1 Å². The second-order valence-corrected chi connectivity index (χ2v) is 5.47. The van der Waals surface area contributed by atoms with Gasteiger partial charge < -0.3 is 10.5 Å². The zero-order valence-electron chi connectivity index (χ0n) is 12.2. The first-order chi connectivity index (χ1) is 10.2. The van der Waals surface area contributed by atoms with Gasteiger partial charge in [-0.2, -0.15) is 0 Å². The third kappa shape index (κ3) is 2.64. The number of ketones is 1. The van der Waals surface area contributed by atoms with Gasteiger partial charge in [0.1, 0.15) is 5.75 Å². The van der Waals surface area contributed by atoms with Crippen molar-refractivity contribution < 1.29 is 9.53 Å². The summed E-state index contributed by atoms with van der Waals surface area (Å²) in [6, 6.07) is 11.2. The highest BCUT2D eigenvalue weighted by Crippen LogP contribution is 2.26. The molecule has 3 nitrogen and oxygen atoms in total. The summed E-state index contributed by atoms with van der Waals surface area (Å²) < 4.78 is 5.18. The van der Waals surface area contributed by atoms with Crippen LogP contribution in [0.3, 0.4) is 0 Å². The Kier molecular flexibility index (Phi) is 3.65. The molecule has 0 fully saturated rings. The highest BCUT2D eigenvalue weighted by atomic mass is 16.5. The molecule has 21 heavy (non-hydrogen) atoms. The first kappa shape index (κ1) is 13.7. The molecule has 0 saturated carbocycles. The smallest absolute Gasteiger partial charge is 0.195 e. The van der Waals surface area contributed by atoms with Gasteiger partial charge in [-0.3, -0.25) is 4.79 Å². The van der Waals surface area contributed by atoms with Gasteiger partial charge in [-0.25, -0.2) is 0 Å². The predicted octanol–water partition coefficient (Wildman–Crippen LogP) is 3.39. The SMILES string of the molecule is COc1ccc(N)c(C(=O)c2ccc3c(c2)CCCC3)c1. The van der Waals surface area contributed by atoms with E-state index >= 15 is 0 Å². The topological polar surface area (TPSA) is 52.3 Å². The van der Waals surface area contributed by atoms with Crippen molar-refractivity contribution in [2.45, 2.75) is 25.7 Å². The zero-order chi connectivity index (χ0) is 14.8. The van der Waals surface area contributed by atoms with Crippen LogP contribution in [0.25, 0.3) is 0 Å². The summed E-state index contributed by atoms with van der Waals surface area (Å²) in [5, 5.41) is 0. The van der Waals surface area contributed by atoms with E-state index in [0.717, 1.165) is 12.8 Å². The number of ether oxygens (including phenoxy) is 1. The third-order valence-corrected chi connectivity index (χ3v) is 4.12. The quantitative estimate of drug-likeness (QED) is 0.693. The number of hydrogen-bond donors (Lipinski definition) is 1. The van der Waals surface area contributed by atoms with E-state index in [1.54, 1.807) is 25.3 Å². The first-order valence-corrected chi connectivity index (χ1v) is 7.29. The van der Waals surface area contributed by atoms with Gasteiger partial charge in [0.15, 0.2) is 5.78 Å². The van der Waals surface area contributed by atoms with Crippen LogP contribution in [-0.2, 0) is 12.8 Å². The summed E-state index contributed by atoms with van der Waals surface area (Å²) in [7, 11) is 1.58. The minimum atomic E-state index is -0.0419. The normalized spacial score (nSPS) is 13.6. The average Bonchev–Trinajstić information content (AvgIpc) is 2.54. The maximum Gasteiger partial charge on any atom is 0.195 e. The minimum Gasteiger partial charge on any atom is -0.497 e. The van der Waals surface area contributed by atoms with E-state index < -0.39 is 0 Å². The molecule has 1 aliphatic rings. The molecule has 2 aromatic rings. The highest BCUT2D eigenvalue weighted by Gasteiger charge is 2.16. The molecule has 0 saturated heterocycles. The minimum absolute atomic E-state index is 0.0419. The number of hydrogen-bond acceptors (Lipinski definition) is 3. The van der Waals surface area contributed by atoms with Crippen molar-refractivity contribution in [1.29, 1.82) is 0 Å². The van der Waals surface area contributed by atoms with E-state index in [1.165, 1.54) is 24.0 Å². The number of benzene rings is 2. The van der Waals surface area contributed by atoms with E-state index in [9.17, 15) is 4.79 Å². The lowest BCUT2D eigenvalue weighted by Gasteiger charge is -2.16. The molecular formula is C18H19NO2. The van der Waals surface area contributed by atoms with Crippen LogP contribution in [0.15, 0.2) is 36.4 Å². The maximum absolute atomic E-state index is 12.7. The van der Waals surface area contributed by atoms with E-state index in [-0.39, 0.29) is 5.78 Å². The number of nitrogen functional groups attached to an aromatic ring is 1.